The number of anilines is 1. The smallest absolute Gasteiger partial charge is 0.231 e. The molecule has 2 nitrogen and oxygen atoms in total. The number of fused-ring (bicyclic) bond motifs is 1. The van der Waals surface area contributed by atoms with E-state index in [0.29, 0.717) is 5.69 Å². The van der Waals surface area contributed by atoms with E-state index in [1.54, 1.807) is 12.1 Å². The molecule has 0 radical (unpaired) electrons. The molecule has 110 valence electrons. The van der Waals surface area contributed by atoms with Gasteiger partial charge in [0.15, 0.2) is 0 Å². The van der Waals surface area contributed by atoms with Crippen molar-refractivity contribution in [2.24, 2.45) is 0 Å². The van der Waals surface area contributed by atoms with Crippen LogP contribution in [-0.4, -0.2) is 5.91 Å². The van der Waals surface area contributed by atoms with Gasteiger partial charge in [-0.1, -0.05) is 42.5 Å². The lowest BCUT2D eigenvalue weighted by Crippen LogP contribution is -2.19. The van der Waals surface area contributed by atoms with Crippen molar-refractivity contribution < 1.29 is 9.18 Å². The highest BCUT2D eigenvalue weighted by Gasteiger charge is 2.17. The molecule has 1 unspecified atom stereocenters. The van der Waals surface area contributed by atoms with Crippen molar-refractivity contribution >= 4 is 22.4 Å². The fourth-order valence-corrected chi connectivity index (χ4v) is 2.55. The Kier molecular flexibility index (Phi) is 3.88. The van der Waals surface area contributed by atoms with Crippen molar-refractivity contribution in [2.45, 2.75) is 12.8 Å². The molecule has 3 aromatic carbocycles. The van der Waals surface area contributed by atoms with Crippen LogP contribution in [0.2, 0.25) is 0 Å². The number of rotatable bonds is 3. The summed E-state index contributed by atoms with van der Waals surface area (Å²) in [6.07, 6.45) is 0. The maximum Gasteiger partial charge on any atom is 0.231 e. The van der Waals surface area contributed by atoms with E-state index >= 15 is 0 Å². The number of nitrogens with one attached hydrogen (secondary N) is 1. The van der Waals surface area contributed by atoms with Crippen LogP contribution in [0.3, 0.4) is 0 Å². The molecule has 0 saturated carbocycles. The van der Waals surface area contributed by atoms with Gasteiger partial charge in [0.1, 0.15) is 5.82 Å². The van der Waals surface area contributed by atoms with Gasteiger partial charge in [0.25, 0.3) is 0 Å². The number of hydrogen-bond acceptors (Lipinski definition) is 1. The highest BCUT2D eigenvalue weighted by Crippen LogP contribution is 2.26. The van der Waals surface area contributed by atoms with Crippen LogP contribution in [0.1, 0.15) is 18.4 Å². The first-order valence-electron chi connectivity index (χ1n) is 7.19. The van der Waals surface area contributed by atoms with E-state index in [0.717, 1.165) is 16.3 Å². The minimum atomic E-state index is -0.319. The van der Waals surface area contributed by atoms with Gasteiger partial charge in [0.2, 0.25) is 5.91 Å². The Morgan fingerprint density at radius 1 is 0.955 bits per heavy atom. The van der Waals surface area contributed by atoms with Gasteiger partial charge >= 0.3 is 0 Å². The summed E-state index contributed by atoms with van der Waals surface area (Å²) in [5, 5.41) is 5.01. The highest BCUT2D eigenvalue weighted by atomic mass is 19.1. The largest absolute Gasteiger partial charge is 0.326 e. The van der Waals surface area contributed by atoms with Crippen LogP contribution >= 0.6 is 0 Å². The van der Waals surface area contributed by atoms with Gasteiger partial charge in [0, 0.05) is 5.69 Å². The fraction of sp³-hybridized carbons (Fsp3) is 0.105. The van der Waals surface area contributed by atoms with Crippen molar-refractivity contribution in [3.05, 3.63) is 78.1 Å². The first kappa shape index (κ1) is 14.3. The Balaban J connectivity index is 1.87. The Morgan fingerprint density at radius 2 is 1.64 bits per heavy atom. The summed E-state index contributed by atoms with van der Waals surface area (Å²) >= 11 is 0. The second-order valence-electron chi connectivity index (χ2n) is 5.29. The molecule has 3 heteroatoms. The summed E-state index contributed by atoms with van der Waals surface area (Å²) in [5.41, 5.74) is 1.58. The van der Waals surface area contributed by atoms with E-state index in [1.807, 2.05) is 49.4 Å². The molecule has 0 aliphatic heterocycles. The molecule has 1 N–H and O–H groups in total. The van der Waals surface area contributed by atoms with Crippen LogP contribution in [0.5, 0.6) is 0 Å². The van der Waals surface area contributed by atoms with Gasteiger partial charge in [-0.2, -0.15) is 0 Å². The van der Waals surface area contributed by atoms with Crippen molar-refractivity contribution in [1.82, 2.24) is 0 Å². The molecule has 0 aliphatic carbocycles. The molecule has 0 heterocycles. The first-order valence-corrected chi connectivity index (χ1v) is 7.19. The van der Waals surface area contributed by atoms with Crippen molar-refractivity contribution in [3.8, 4) is 0 Å². The molecule has 0 bridgehead atoms. The maximum absolute atomic E-state index is 12.9. The predicted molar refractivity (Wildman–Crippen MR) is 87.4 cm³/mol. The monoisotopic (exact) mass is 293 g/mol. The van der Waals surface area contributed by atoms with Crippen LogP contribution in [-0.2, 0) is 4.79 Å². The third-order valence-electron chi connectivity index (χ3n) is 3.79. The van der Waals surface area contributed by atoms with Gasteiger partial charge < -0.3 is 5.32 Å². The third kappa shape index (κ3) is 2.84. The van der Waals surface area contributed by atoms with Crippen LogP contribution < -0.4 is 5.32 Å². The molecule has 0 spiro atoms. The predicted octanol–water partition coefficient (Wildman–Crippen LogP) is 4.72. The van der Waals surface area contributed by atoms with E-state index in [9.17, 15) is 9.18 Å². The molecule has 0 aromatic heterocycles. The lowest BCUT2D eigenvalue weighted by atomic mass is 9.94. The second kappa shape index (κ2) is 5.98. The summed E-state index contributed by atoms with van der Waals surface area (Å²) in [5.74, 6) is -0.723. The van der Waals surface area contributed by atoms with E-state index in [-0.39, 0.29) is 17.6 Å². The van der Waals surface area contributed by atoms with Gasteiger partial charge in [-0.05, 0) is 47.5 Å². The standard InChI is InChI=1S/C19H16FNO/c1-13(19(22)21-16-11-9-15(20)10-12-16)17-8-4-6-14-5-2-3-7-18(14)17/h2-13H,1H3,(H,21,22). The average molecular weight is 293 g/mol. The van der Waals surface area contributed by atoms with Crippen LogP contribution in [0.25, 0.3) is 10.8 Å². The Morgan fingerprint density at radius 3 is 2.41 bits per heavy atom. The Labute approximate surface area is 128 Å². The molecule has 3 aromatic rings. The Bertz CT molecular complexity index is 806. The molecule has 3 rings (SSSR count). The average Bonchev–Trinajstić information content (AvgIpc) is 2.55. The van der Waals surface area contributed by atoms with Gasteiger partial charge in [-0.25, -0.2) is 4.39 Å². The maximum atomic E-state index is 12.9. The number of hydrogen-bond donors (Lipinski definition) is 1. The van der Waals surface area contributed by atoms with E-state index in [1.165, 1.54) is 12.1 Å². The zero-order valence-electron chi connectivity index (χ0n) is 12.2. The summed E-state index contributed by atoms with van der Waals surface area (Å²) in [6, 6.07) is 19.7. The fourth-order valence-electron chi connectivity index (χ4n) is 2.55. The van der Waals surface area contributed by atoms with E-state index < -0.39 is 0 Å². The summed E-state index contributed by atoms with van der Waals surface area (Å²) in [6.45, 7) is 1.88. The highest BCUT2D eigenvalue weighted by molar-refractivity contribution is 5.99. The minimum absolute atomic E-state index is 0.108. The molecule has 1 atom stereocenters. The van der Waals surface area contributed by atoms with Crippen molar-refractivity contribution in [2.75, 3.05) is 5.32 Å². The lowest BCUT2D eigenvalue weighted by molar-refractivity contribution is -0.117. The molecular weight excluding hydrogens is 277 g/mol. The lowest BCUT2D eigenvalue weighted by Gasteiger charge is -2.15. The number of amides is 1. The number of carbonyl (C=O) groups is 1. The zero-order valence-corrected chi connectivity index (χ0v) is 12.2. The quantitative estimate of drug-likeness (QED) is 0.743. The first-order chi connectivity index (χ1) is 10.6. The van der Waals surface area contributed by atoms with Gasteiger partial charge in [0.05, 0.1) is 5.92 Å². The Hall–Kier alpha value is -2.68. The van der Waals surface area contributed by atoms with E-state index in [4.69, 9.17) is 0 Å². The molecule has 0 fully saturated rings. The minimum Gasteiger partial charge on any atom is -0.326 e. The van der Waals surface area contributed by atoms with Crippen LogP contribution in [0, 0.1) is 5.82 Å². The second-order valence-corrected chi connectivity index (χ2v) is 5.29. The van der Waals surface area contributed by atoms with Crippen molar-refractivity contribution in [1.29, 1.82) is 0 Å². The SMILES string of the molecule is CC(C(=O)Nc1ccc(F)cc1)c1cccc2ccccc12. The molecule has 0 saturated heterocycles. The molecular formula is C19H16FNO. The summed E-state index contributed by atoms with van der Waals surface area (Å²) in [7, 11) is 0. The van der Waals surface area contributed by atoms with Crippen molar-refractivity contribution in [3.63, 3.8) is 0 Å². The van der Waals surface area contributed by atoms with E-state index in [2.05, 4.69) is 5.32 Å². The van der Waals surface area contributed by atoms with Gasteiger partial charge in [-0.15, -0.1) is 0 Å². The summed E-state index contributed by atoms with van der Waals surface area (Å²) < 4.78 is 12.9. The number of benzene rings is 3. The third-order valence-corrected chi connectivity index (χ3v) is 3.79. The molecule has 1 amide bonds. The number of carbonyl (C=O) groups excluding carboxylic acids is 1. The normalized spacial score (nSPS) is 12.1. The molecule has 0 aliphatic rings. The van der Waals surface area contributed by atoms with Crippen LogP contribution in [0.4, 0.5) is 10.1 Å². The van der Waals surface area contributed by atoms with Gasteiger partial charge in [-0.3, -0.25) is 4.79 Å². The zero-order chi connectivity index (χ0) is 15.5. The molecule has 22 heavy (non-hydrogen) atoms. The topological polar surface area (TPSA) is 29.1 Å². The van der Waals surface area contributed by atoms with Crippen LogP contribution in [0.15, 0.2) is 66.7 Å². The number of halogens is 1. The summed E-state index contributed by atoms with van der Waals surface area (Å²) in [4.78, 5) is 12.4.